The van der Waals surface area contributed by atoms with E-state index in [0.717, 1.165) is 0 Å². The molecule has 1 aromatic carbocycles. The largest absolute Gasteiger partial charge is 0.444 e. The SMILES string of the molecule is CCN(CC)S(=O)(=O)c1cc(C(=O)O[C@@H](C)C#N)ccc1C. The topological polar surface area (TPSA) is 87.5 Å². The molecule has 0 aromatic heterocycles. The number of nitriles is 1. The highest BCUT2D eigenvalue weighted by Crippen LogP contribution is 2.22. The Labute approximate surface area is 131 Å². The first-order valence-corrected chi connectivity index (χ1v) is 8.43. The molecule has 0 saturated carbocycles. The second-order valence-corrected chi connectivity index (χ2v) is 6.65. The van der Waals surface area contributed by atoms with Gasteiger partial charge in [0.25, 0.3) is 0 Å². The Morgan fingerprint density at radius 3 is 2.45 bits per heavy atom. The molecule has 0 spiro atoms. The van der Waals surface area contributed by atoms with Crippen molar-refractivity contribution in [1.29, 1.82) is 5.26 Å². The van der Waals surface area contributed by atoms with E-state index in [0.29, 0.717) is 18.7 Å². The number of esters is 1. The number of ether oxygens (including phenoxy) is 1. The second kappa shape index (κ2) is 7.38. The minimum absolute atomic E-state index is 0.0789. The quantitative estimate of drug-likeness (QED) is 0.748. The first-order chi connectivity index (χ1) is 10.3. The predicted molar refractivity (Wildman–Crippen MR) is 81.8 cm³/mol. The van der Waals surface area contributed by atoms with Gasteiger partial charge in [-0.1, -0.05) is 19.9 Å². The molecule has 0 fully saturated rings. The Balaban J connectivity index is 3.26. The zero-order valence-corrected chi connectivity index (χ0v) is 14.0. The molecule has 0 bridgehead atoms. The van der Waals surface area contributed by atoms with E-state index < -0.39 is 22.1 Å². The maximum atomic E-state index is 12.6. The average Bonchev–Trinajstić information content (AvgIpc) is 2.48. The van der Waals surface area contributed by atoms with Gasteiger partial charge >= 0.3 is 5.97 Å². The van der Waals surface area contributed by atoms with Crippen molar-refractivity contribution in [3.8, 4) is 6.07 Å². The Morgan fingerprint density at radius 2 is 1.95 bits per heavy atom. The standard InChI is InChI=1S/C15H20N2O4S/c1-5-17(6-2)22(19,20)14-9-13(8-7-11(14)3)15(18)21-12(4)10-16/h7-9,12H,5-6H2,1-4H3/t12-/m0/s1. The third-order valence-corrected chi connectivity index (χ3v) is 5.40. The van der Waals surface area contributed by atoms with Crippen LogP contribution in [-0.2, 0) is 14.8 Å². The molecule has 0 saturated heterocycles. The number of sulfonamides is 1. The van der Waals surface area contributed by atoms with Gasteiger partial charge in [-0.25, -0.2) is 13.2 Å². The number of carbonyl (C=O) groups excluding carboxylic acids is 1. The molecular weight excluding hydrogens is 304 g/mol. The minimum atomic E-state index is -3.66. The molecule has 120 valence electrons. The van der Waals surface area contributed by atoms with Crippen LogP contribution in [0.5, 0.6) is 0 Å². The van der Waals surface area contributed by atoms with Gasteiger partial charge in [0.15, 0.2) is 6.10 Å². The normalized spacial score (nSPS) is 12.7. The molecule has 22 heavy (non-hydrogen) atoms. The second-order valence-electron chi connectivity index (χ2n) is 4.75. The number of hydrogen-bond acceptors (Lipinski definition) is 5. The monoisotopic (exact) mass is 324 g/mol. The third-order valence-electron chi connectivity index (χ3n) is 3.21. The van der Waals surface area contributed by atoms with Gasteiger partial charge in [-0.05, 0) is 31.5 Å². The van der Waals surface area contributed by atoms with Crippen molar-refractivity contribution in [2.24, 2.45) is 0 Å². The van der Waals surface area contributed by atoms with E-state index in [1.165, 1.54) is 23.4 Å². The molecule has 1 rings (SSSR count). The number of carbonyl (C=O) groups is 1. The van der Waals surface area contributed by atoms with Crippen LogP contribution in [-0.4, -0.2) is 37.9 Å². The fraction of sp³-hybridized carbons (Fsp3) is 0.467. The van der Waals surface area contributed by atoms with E-state index in [1.807, 2.05) is 0 Å². The van der Waals surface area contributed by atoms with Gasteiger partial charge in [-0.2, -0.15) is 9.57 Å². The lowest BCUT2D eigenvalue weighted by atomic mass is 10.1. The molecule has 0 N–H and O–H groups in total. The number of hydrogen-bond donors (Lipinski definition) is 0. The fourth-order valence-corrected chi connectivity index (χ4v) is 3.67. The summed E-state index contributed by atoms with van der Waals surface area (Å²) in [6, 6.07) is 6.14. The fourth-order valence-electron chi connectivity index (χ4n) is 1.96. The van der Waals surface area contributed by atoms with Gasteiger partial charge < -0.3 is 4.74 Å². The number of aryl methyl sites for hydroxylation is 1. The van der Waals surface area contributed by atoms with Crippen LogP contribution >= 0.6 is 0 Å². The van der Waals surface area contributed by atoms with Gasteiger partial charge in [0.2, 0.25) is 10.0 Å². The summed E-state index contributed by atoms with van der Waals surface area (Å²) in [6.07, 6.45) is -0.892. The molecule has 7 heteroatoms. The summed E-state index contributed by atoms with van der Waals surface area (Å²) in [4.78, 5) is 12.0. The van der Waals surface area contributed by atoms with E-state index in [-0.39, 0.29) is 10.5 Å². The summed E-state index contributed by atoms with van der Waals surface area (Å²) in [7, 11) is -3.66. The van der Waals surface area contributed by atoms with Crippen LogP contribution in [0, 0.1) is 18.3 Å². The van der Waals surface area contributed by atoms with Crippen LogP contribution in [0.2, 0.25) is 0 Å². The molecule has 0 heterocycles. The molecule has 1 aromatic rings. The zero-order chi connectivity index (χ0) is 16.9. The van der Waals surface area contributed by atoms with Crippen LogP contribution in [0.25, 0.3) is 0 Å². The third kappa shape index (κ3) is 3.84. The Morgan fingerprint density at radius 1 is 1.36 bits per heavy atom. The molecule has 0 aliphatic carbocycles. The molecule has 1 atom stereocenters. The number of rotatable bonds is 6. The van der Waals surface area contributed by atoms with Crippen LogP contribution in [0.1, 0.15) is 36.7 Å². The maximum absolute atomic E-state index is 12.6. The van der Waals surface area contributed by atoms with Crippen molar-refractivity contribution in [3.63, 3.8) is 0 Å². The van der Waals surface area contributed by atoms with Gasteiger partial charge in [-0.15, -0.1) is 0 Å². The van der Waals surface area contributed by atoms with Gasteiger partial charge in [0.1, 0.15) is 6.07 Å². The first kappa shape index (κ1) is 18.1. The summed E-state index contributed by atoms with van der Waals surface area (Å²) in [6.45, 7) is 7.31. The Hall–Kier alpha value is -1.91. The molecule has 0 amide bonds. The molecule has 6 nitrogen and oxygen atoms in total. The summed E-state index contributed by atoms with van der Waals surface area (Å²) in [5.74, 6) is -0.718. The summed E-state index contributed by atoms with van der Waals surface area (Å²) in [5, 5.41) is 8.67. The molecule has 0 radical (unpaired) electrons. The lowest BCUT2D eigenvalue weighted by Crippen LogP contribution is -2.31. The van der Waals surface area contributed by atoms with Crippen LogP contribution < -0.4 is 0 Å². The summed E-state index contributed by atoms with van der Waals surface area (Å²) >= 11 is 0. The van der Waals surface area contributed by atoms with Crippen molar-refractivity contribution in [2.45, 2.75) is 38.7 Å². The lowest BCUT2D eigenvalue weighted by Gasteiger charge is -2.20. The number of nitrogens with zero attached hydrogens (tertiary/aromatic N) is 2. The Bertz CT molecular complexity index is 688. The Kier molecular flexibility index (Phi) is 6.09. The predicted octanol–water partition coefficient (Wildman–Crippen LogP) is 2.09. The smallest absolute Gasteiger partial charge is 0.339 e. The molecular formula is C15H20N2O4S. The van der Waals surface area contributed by atoms with Crippen molar-refractivity contribution in [2.75, 3.05) is 13.1 Å². The van der Waals surface area contributed by atoms with E-state index in [1.54, 1.807) is 32.9 Å². The highest BCUT2D eigenvalue weighted by atomic mass is 32.2. The first-order valence-electron chi connectivity index (χ1n) is 6.99. The van der Waals surface area contributed by atoms with E-state index in [9.17, 15) is 13.2 Å². The van der Waals surface area contributed by atoms with Crippen LogP contribution in [0.15, 0.2) is 23.1 Å². The van der Waals surface area contributed by atoms with E-state index in [4.69, 9.17) is 10.00 Å². The van der Waals surface area contributed by atoms with Crippen molar-refractivity contribution in [3.05, 3.63) is 29.3 Å². The maximum Gasteiger partial charge on any atom is 0.339 e. The zero-order valence-electron chi connectivity index (χ0n) is 13.2. The summed E-state index contributed by atoms with van der Waals surface area (Å²) in [5.41, 5.74) is 0.662. The van der Waals surface area contributed by atoms with Gasteiger partial charge in [-0.3, -0.25) is 0 Å². The lowest BCUT2D eigenvalue weighted by molar-refractivity contribution is 0.0435. The molecule has 0 aliphatic heterocycles. The summed E-state index contributed by atoms with van der Waals surface area (Å²) < 4.78 is 31.4. The molecule has 0 unspecified atom stereocenters. The average molecular weight is 324 g/mol. The van der Waals surface area contributed by atoms with Crippen molar-refractivity contribution < 1.29 is 17.9 Å². The van der Waals surface area contributed by atoms with Crippen molar-refractivity contribution in [1.82, 2.24) is 4.31 Å². The van der Waals surface area contributed by atoms with Gasteiger partial charge in [0.05, 0.1) is 10.5 Å². The number of benzene rings is 1. The van der Waals surface area contributed by atoms with Crippen LogP contribution in [0.4, 0.5) is 0 Å². The highest BCUT2D eigenvalue weighted by Gasteiger charge is 2.25. The van der Waals surface area contributed by atoms with Crippen molar-refractivity contribution >= 4 is 16.0 Å². The van der Waals surface area contributed by atoms with E-state index in [2.05, 4.69) is 0 Å². The highest BCUT2D eigenvalue weighted by molar-refractivity contribution is 7.89. The van der Waals surface area contributed by atoms with Crippen LogP contribution in [0.3, 0.4) is 0 Å². The van der Waals surface area contributed by atoms with Gasteiger partial charge in [0, 0.05) is 13.1 Å². The molecule has 0 aliphatic rings. The minimum Gasteiger partial charge on any atom is -0.444 e. The van der Waals surface area contributed by atoms with E-state index >= 15 is 0 Å².